The molecule has 0 saturated heterocycles. The zero-order valence-electron chi connectivity index (χ0n) is 6.37. The van der Waals surface area contributed by atoms with Crippen molar-refractivity contribution in [2.24, 2.45) is 0 Å². The quantitative estimate of drug-likeness (QED) is 0.704. The maximum atomic E-state index is 9.04. The Bertz CT molecular complexity index is 297. The number of aromatic hydroxyl groups is 1. The molecule has 0 atom stereocenters. The molecule has 0 amide bonds. The standard InChI is InChI=1S/C9H9ClOS/c10-9-6-8(11)4-3-7(9)2-1-5-12/h1-4,6,11-12H,5H2. The Morgan fingerprint density at radius 1 is 1.50 bits per heavy atom. The Hall–Kier alpha value is -0.600. The van der Waals surface area contributed by atoms with Gasteiger partial charge in [0.1, 0.15) is 5.75 Å². The van der Waals surface area contributed by atoms with Crippen molar-refractivity contribution in [2.75, 3.05) is 5.75 Å². The first-order valence-corrected chi connectivity index (χ1v) is 4.51. The molecule has 64 valence electrons. The van der Waals surface area contributed by atoms with E-state index in [2.05, 4.69) is 12.6 Å². The van der Waals surface area contributed by atoms with Crippen molar-refractivity contribution >= 4 is 30.3 Å². The molecule has 0 aliphatic rings. The first-order chi connectivity index (χ1) is 5.74. The highest BCUT2D eigenvalue weighted by atomic mass is 35.5. The summed E-state index contributed by atoms with van der Waals surface area (Å²) in [5, 5.41) is 9.59. The zero-order chi connectivity index (χ0) is 8.97. The van der Waals surface area contributed by atoms with Crippen LogP contribution in [0.15, 0.2) is 24.3 Å². The van der Waals surface area contributed by atoms with Gasteiger partial charge in [-0.3, -0.25) is 0 Å². The molecule has 0 unspecified atom stereocenters. The number of rotatable bonds is 2. The van der Waals surface area contributed by atoms with Crippen LogP contribution < -0.4 is 0 Å². The molecule has 0 aromatic heterocycles. The van der Waals surface area contributed by atoms with Crippen LogP contribution in [0.25, 0.3) is 6.08 Å². The topological polar surface area (TPSA) is 20.2 Å². The molecule has 0 aliphatic heterocycles. The first kappa shape index (κ1) is 9.49. The largest absolute Gasteiger partial charge is 0.508 e. The van der Waals surface area contributed by atoms with Crippen LogP contribution in [0.3, 0.4) is 0 Å². The summed E-state index contributed by atoms with van der Waals surface area (Å²) in [7, 11) is 0. The molecule has 1 rings (SSSR count). The minimum Gasteiger partial charge on any atom is -0.508 e. The highest BCUT2D eigenvalue weighted by Crippen LogP contribution is 2.22. The number of benzene rings is 1. The molecule has 1 N–H and O–H groups in total. The lowest BCUT2D eigenvalue weighted by Crippen LogP contribution is -1.74. The van der Waals surface area contributed by atoms with Crippen molar-refractivity contribution in [3.63, 3.8) is 0 Å². The van der Waals surface area contributed by atoms with Crippen molar-refractivity contribution in [1.29, 1.82) is 0 Å². The summed E-state index contributed by atoms with van der Waals surface area (Å²) in [6, 6.07) is 4.88. The van der Waals surface area contributed by atoms with E-state index in [0.717, 1.165) is 5.56 Å². The van der Waals surface area contributed by atoms with Crippen LogP contribution in [0.5, 0.6) is 5.75 Å². The van der Waals surface area contributed by atoms with Gasteiger partial charge in [-0.2, -0.15) is 12.6 Å². The van der Waals surface area contributed by atoms with Crippen LogP contribution in [0.2, 0.25) is 5.02 Å². The maximum absolute atomic E-state index is 9.04. The third-order valence-corrected chi connectivity index (χ3v) is 1.92. The Kier molecular flexibility index (Phi) is 3.50. The van der Waals surface area contributed by atoms with Gasteiger partial charge in [-0.25, -0.2) is 0 Å². The molecular formula is C9H9ClOS. The number of hydrogen-bond acceptors (Lipinski definition) is 2. The molecule has 12 heavy (non-hydrogen) atoms. The SMILES string of the molecule is Oc1ccc(C=CCS)c(Cl)c1. The van der Waals surface area contributed by atoms with Crippen LogP contribution >= 0.6 is 24.2 Å². The average Bonchev–Trinajstić information content (AvgIpc) is 2.03. The lowest BCUT2D eigenvalue weighted by atomic mass is 10.2. The van der Waals surface area contributed by atoms with Crippen LogP contribution in [-0.2, 0) is 0 Å². The summed E-state index contributed by atoms with van der Waals surface area (Å²) in [6.45, 7) is 0. The van der Waals surface area contributed by atoms with Crippen LogP contribution in [0.1, 0.15) is 5.56 Å². The highest BCUT2D eigenvalue weighted by Gasteiger charge is 1.96. The van der Waals surface area contributed by atoms with E-state index in [-0.39, 0.29) is 5.75 Å². The minimum atomic E-state index is 0.183. The third-order valence-electron chi connectivity index (χ3n) is 1.39. The lowest BCUT2D eigenvalue weighted by Gasteiger charge is -1.97. The Morgan fingerprint density at radius 3 is 2.83 bits per heavy atom. The van der Waals surface area contributed by atoms with Gasteiger partial charge in [0.05, 0.1) is 5.02 Å². The van der Waals surface area contributed by atoms with E-state index in [1.165, 1.54) is 6.07 Å². The van der Waals surface area contributed by atoms with Gasteiger partial charge in [0.15, 0.2) is 0 Å². The van der Waals surface area contributed by atoms with E-state index < -0.39 is 0 Å². The fourth-order valence-corrected chi connectivity index (χ4v) is 1.17. The molecular weight excluding hydrogens is 192 g/mol. The van der Waals surface area contributed by atoms with Gasteiger partial charge >= 0.3 is 0 Å². The average molecular weight is 201 g/mol. The van der Waals surface area contributed by atoms with Gasteiger partial charge in [-0.05, 0) is 23.8 Å². The van der Waals surface area contributed by atoms with E-state index in [1.807, 2.05) is 12.2 Å². The van der Waals surface area contributed by atoms with Crippen LogP contribution in [-0.4, -0.2) is 10.9 Å². The van der Waals surface area contributed by atoms with Gasteiger partial charge in [0, 0.05) is 5.75 Å². The fraction of sp³-hybridized carbons (Fsp3) is 0.111. The van der Waals surface area contributed by atoms with Crippen molar-refractivity contribution in [2.45, 2.75) is 0 Å². The molecule has 0 saturated carbocycles. The van der Waals surface area contributed by atoms with Gasteiger partial charge in [0.25, 0.3) is 0 Å². The van der Waals surface area contributed by atoms with Crippen LogP contribution in [0, 0.1) is 0 Å². The Morgan fingerprint density at radius 2 is 2.25 bits per heavy atom. The molecule has 0 radical (unpaired) electrons. The normalized spacial score (nSPS) is 10.8. The van der Waals surface area contributed by atoms with E-state index in [9.17, 15) is 0 Å². The monoisotopic (exact) mass is 200 g/mol. The van der Waals surface area contributed by atoms with Gasteiger partial charge in [0.2, 0.25) is 0 Å². The van der Waals surface area contributed by atoms with E-state index in [1.54, 1.807) is 12.1 Å². The summed E-state index contributed by atoms with van der Waals surface area (Å²) < 4.78 is 0. The van der Waals surface area contributed by atoms with E-state index >= 15 is 0 Å². The second-order valence-electron chi connectivity index (χ2n) is 2.29. The highest BCUT2D eigenvalue weighted by molar-refractivity contribution is 7.80. The second kappa shape index (κ2) is 4.43. The molecule has 3 heteroatoms. The van der Waals surface area contributed by atoms with E-state index in [4.69, 9.17) is 16.7 Å². The predicted octanol–water partition coefficient (Wildman–Crippen LogP) is 2.99. The van der Waals surface area contributed by atoms with Crippen molar-refractivity contribution in [3.8, 4) is 5.75 Å². The molecule has 1 aromatic carbocycles. The third kappa shape index (κ3) is 2.47. The number of hydrogen-bond donors (Lipinski definition) is 2. The first-order valence-electron chi connectivity index (χ1n) is 3.50. The molecule has 0 spiro atoms. The Labute approximate surface area is 82.1 Å². The van der Waals surface area contributed by atoms with Gasteiger partial charge < -0.3 is 5.11 Å². The zero-order valence-corrected chi connectivity index (χ0v) is 8.02. The number of thiol groups is 1. The molecule has 0 fully saturated rings. The molecule has 1 aromatic rings. The molecule has 0 bridgehead atoms. The summed E-state index contributed by atoms with van der Waals surface area (Å²) in [6.07, 6.45) is 3.76. The maximum Gasteiger partial charge on any atom is 0.117 e. The van der Waals surface area contributed by atoms with Crippen molar-refractivity contribution in [1.82, 2.24) is 0 Å². The summed E-state index contributed by atoms with van der Waals surface area (Å²) in [5.74, 6) is 0.861. The number of phenolic OH excluding ortho intramolecular Hbond substituents is 1. The summed E-state index contributed by atoms with van der Waals surface area (Å²) >= 11 is 9.86. The summed E-state index contributed by atoms with van der Waals surface area (Å²) in [5.41, 5.74) is 0.892. The molecule has 1 nitrogen and oxygen atoms in total. The summed E-state index contributed by atoms with van der Waals surface area (Å²) in [4.78, 5) is 0. The number of phenols is 1. The molecule has 0 heterocycles. The van der Waals surface area contributed by atoms with Crippen molar-refractivity contribution in [3.05, 3.63) is 34.9 Å². The van der Waals surface area contributed by atoms with E-state index in [0.29, 0.717) is 10.8 Å². The smallest absolute Gasteiger partial charge is 0.117 e. The van der Waals surface area contributed by atoms with Crippen molar-refractivity contribution < 1.29 is 5.11 Å². The fourth-order valence-electron chi connectivity index (χ4n) is 0.831. The Balaban J connectivity index is 2.94. The lowest BCUT2D eigenvalue weighted by molar-refractivity contribution is 0.475. The molecule has 0 aliphatic carbocycles. The second-order valence-corrected chi connectivity index (χ2v) is 3.06. The minimum absolute atomic E-state index is 0.183. The van der Waals surface area contributed by atoms with Gasteiger partial charge in [-0.1, -0.05) is 23.8 Å². The van der Waals surface area contributed by atoms with Crippen LogP contribution in [0.4, 0.5) is 0 Å². The number of halogens is 1. The van der Waals surface area contributed by atoms with Gasteiger partial charge in [-0.15, -0.1) is 0 Å². The predicted molar refractivity (Wildman–Crippen MR) is 56.0 cm³/mol.